The number of fused-ring (bicyclic) bond motifs is 2. The Kier molecular flexibility index (Phi) is 4.09. The molecule has 2 atom stereocenters. The van der Waals surface area contributed by atoms with Gasteiger partial charge in [0.2, 0.25) is 5.72 Å². The summed E-state index contributed by atoms with van der Waals surface area (Å²) in [6, 6.07) is 21.5. The summed E-state index contributed by atoms with van der Waals surface area (Å²) in [5.74, 6) is 0.838. The maximum Gasteiger partial charge on any atom is 0.274 e. The van der Waals surface area contributed by atoms with Gasteiger partial charge in [0, 0.05) is 24.4 Å². The second-order valence-corrected chi connectivity index (χ2v) is 8.02. The van der Waals surface area contributed by atoms with Crippen molar-refractivity contribution >= 4 is 17.5 Å². The Morgan fingerprint density at radius 1 is 1.06 bits per heavy atom. The zero-order valence-electron chi connectivity index (χ0n) is 17.5. The smallest absolute Gasteiger partial charge is 0.274 e. The lowest BCUT2D eigenvalue weighted by atomic mass is 9.69. The zero-order valence-corrected chi connectivity index (χ0v) is 17.5. The summed E-state index contributed by atoms with van der Waals surface area (Å²) in [6.45, 7) is 2.18. The average Bonchev–Trinajstić information content (AvgIpc) is 2.99. The fraction of sp³-hybridized carbons (Fsp3) is 0.200. The van der Waals surface area contributed by atoms with Crippen LogP contribution in [0.25, 0.3) is 6.08 Å². The monoisotopic (exact) mass is 414 g/mol. The molecule has 1 spiro atoms. The molecule has 2 aliphatic rings. The van der Waals surface area contributed by atoms with Crippen molar-refractivity contribution in [1.29, 1.82) is 0 Å². The van der Waals surface area contributed by atoms with E-state index in [1.54, 1.807) is 0 Å². The topological polar surface area (TPSA) is 64.8 Å². The van der Waals surface area contributed by atoms with Crippen molar-refractivity contribution in [2.45, 2.75) is 18.1 Å². The van der Waals surface area contributed by atoms with Crippen LogP contribution >= 0.6 is 0 Å². The molecular formula is C25H22N2O4. The molecule has 6 nitrogen and oxygen atoms in total. The van der Waals surface area contributed by atoms with Gasteiger partial charge in [-0.1, -0.05) is 48.5 Å². The number of non-ortho nitro benzene ring substituents is 1. The van der Waals surface area contributed by atoms with Crippen molar-refractivity contribution in [3.8, 4) is 11.5 Å². The number of methoxy groups -OCH3 is 1. The van der Waals surface area contributed by atoms with Crippen LogP contribution in [-0.2, 0) is 5.41 Å². The summed E-state index contributed by atoms with van der Waals surface area (Å²) in [4.78, 5) is 13.1. The van der Waals surface area contributed by atoms with Crippen LogP contribution in [0.3, 0.4) is 0 Å². The summed E-state index contributed by atoms with van der Waals surface area (Å²) in [6.07, 6.45) is 3.91. The first-order valence-electron chi connectivity index (χ1n) is 10.1. The number of likely N-dealkylation sites (N-methyl/N-ethyl adjacent to an activating group) is 1. The largest absolute Gasteiger partial charge is 0.493 e. The maximum absolute atomic E-state index is 11.4. The first-order valence-corrected chi connectivity index (χ1v) is 10.1. The number of hydrogen-bond donors (Lipinski definition) is 0. The molecule has 0 fully saturated rings. The minimum atomic E-state index is -0.881. The molecule has 3 aromatic rings. The van der Waals surface area contributed by atoms with Crippen molar-refractivity contribution in [1.82, 2.24) is 0 Å². The quantitative estimate of drug-likeness (QED) is 0.437. The lowest BCUT2D eigenvalue weighted by Gasteiger charge is -2.47. The van der Waals surface area contributed by atoms with E-state index < -0.39 is 16.1 Å². The number of rotatable bonds is 3. The van der Waals surface area contributed by atoms with Crippen molar-refractivity contribution in [2.24, 2.45) is 0 Å². The molecule has 2 unspecified atom stereocenters. The number of ether oxygens (including phenoxy) is 2. The molecule has 0 amide bonds. The normalized spacial score (nSPS) is 23.3. The highest BCUT2D eigenvalue weighted by molar-refractivity contribution is 5.76. The first kappa shape index (κ1) is 19.2. The minimum absolute atomic E-state index is 0.0336. The van der Waals surface area contributed by atoms with E-state index in [4.69, 9.17) is 9.47 Å². The Labute approximate surface area is 180 Å². The van der Waals surface area contributed by atoms with E-state index in [0.717, 1.165) is 16.8 Å². The predicted octanol–water partition coefficient (Wildman–Crippen LogP) is 5.16. The van der Waals surface area contributed by atoms with E-state index in [9.17, 15) is 10.1 Å². The third-order valence-corrected chi connectivity index (χ3v) is 6.62. The predicted molar refractivity (Wildman–Crippen MR) is 120 cm³/mol. The summed E-state index contributed by atoms with van der Waals surface area (Å²) >= 11 is 0. The van der Waals surface area contributed by atoms with E-state index in [0.29, 0.717) is 17.1 Å². The SMILES string of the molecule is COc1cc([N+](=O)[O-])cc2c1OC1(C=C2)N(C)c2ccccc2C1(C)c1ccccc1. The summed E-state index contributed by atoms with van der Waals surface area (Å²) in [5.41, 5.74) is 2.50. The third kappa shape index (κ3) is 2.45. The van der Waals surface area contributed by atoms with E-state index in [1.807, 2.05) is 49.5 Å². The first-order chi connectivity index (χ1) is 14.9. The number of nitro benzene ring substituents is 1. The Bertz CT molecular complexity index is 1220. The molecule has 0 saturated heterocycles. The number of nitrogens with zero attached hydrogens (tertiary/aromatic N) is 2. The van der Waals surface area contributed by atoms with Crippen molar-refractivity contribution in [2.75, 3.05) is 19.1 Å². The van der Waals surface area contributed by atoms with Crippen LogP contribution in [0, 0.1) is 10.1 Å². The summed E-state index contributed by atoms with van der Waals surface area (Å²) in [7, 11) is 3.51. The molecule has 0 N–H and O–H groups in total. The standard InChI is InChI=1S/C25H22N2O4/c1-24(18-9-5-4-6-10-18)20-11-7-8-12-21(20)26(2)25(24)14-13-17-15-19(27(28)29)16-22(30-3)23(17)31-25/h4-16H,1-3H3. The van der Waals surface area contributed by atoms with Gasteiger partial charge in [0.1, 0.15) is 0 Å². The lowest BCUT2D eigenvalue weighted by molar-refractivity contribution is -0.385. The van der Waals surface area contributed by atoms with Gasteiger partial charge in [-0.05, 0) is 36.3 Å². The molecule has 0 aliphatic carbocycles. The number of nitro groups is 1. The molecule has 5 rings (SSSR count). The Morgan fingerprint density at radius 2 is 1.77 bits per heavy atom. The van der Waals surface area contributed by atoms with Crippen molar-refractivity contribution < 1.29 is 14.4 Å². The molecule has 0 aromatic heterocycles. The van der Waals surface area contributed by atoms with E-state index >= 15 is 0 Å². The van der Waals surface area contributed by atoms with Gasteiger partial charge in [0.25, 0.3) is 5.69 Å². The molecule has 2 aliphatic heterocycles. The molecule has 0 bridgehead atoms. The van der Waals surface area contributed by atoms with Gasteiger partial charge in [-0.2, -0.15) is 0 Å². The molecule has 0 saturated carbocycles. The second-order valence-electron chi connectivity index (χ2n) is 8.02. The summed E-state index contributed by atoms with van der Waals surface area (Å²) in [5, 5.41) is 11.4. The van der Waals surface area contributed by atoms with Crippen LogP contribution in [0.4, 0.5) is 11.4 Å². The van der Waals surface area contributed by atoms with E-state index in [1.165, 1.54) is 19.2 Å². The highest BCUT2D eigenvalue weighted by Crippen LogP contribution is 2.58. The van der Waals surface area contributed by atoms with Crippen LogP contribution < -0.4 is 14.4 Å². The van der Waals surface area contributed by atoms with Gasteiger partial charge in [0.15, 0.2) is 11.5 Å². The third-order valence-electron chi connectivity index (χ3n) is 6.62. The Hall–Kier alpha value is -3.80. The van der Waals surface area contributed by atoms with Crippen LogP contribution in [0.2, 0.25) is 0 Å². The Morgan fingerprint density at radius 3 is 2.48 bits per heavy atom. The molecular weight excluding hydrogens is 392 g/mol. The van der Waals surface area contributed by atoms with Crippen molar-refractivity contribution in [3.63, 3.8) is 0 Å². The van der Waals surface area contributed by atoms with Crippen molar-refractivity contribution in [3.05, 3.63) is 99.6 Å². The van der Waals surface area contributed by atoms with Gasteiger partial charge in [-0.15, -0.1) is 0 Å². The van der Waals surface area contributed by atoms with E-state index in [2.05, 4.69) is 36.1 Å². The van der Waals surface area contributed by atoms with Gasteiger partial charge < -0.3 is 14.4 Å². The molecule has 0 radical (unpaired) electrons. The number of para-hydroxylation sites is 1. The maximum atomic E-state index is 11.4. The molecule has 156 valence electrons. The highest BCUT2D eigenvalue weighted by Gasteiger charge is 2.61. The van der Waals surface area contributed by atoms with Gasteiger partial charge in [-0.3, -0.25) is 10.1 Å². The second kappa shape index (κ2) is 6.60. The van der Waals surface area contributed by atoms with Crippen LogP contribution in [0.5, 0.6) is 11.5 Å². The van der Waals surface area contributed by atoms with E-state index in [-0.39, 0.29) is 5.69 Å². The lowest BCUT2D eigenvalue weighted by Crippen LogP contribution is -2.59. The average molecular weight is 414 g/mol. The number of benzene rings is 3. The fourth-order valence-electron chi connectivity index (χ4n) is 4.97. The Balaban J connectivity index is 1.77. The molecule has 31 heavy (non-hydrogen) atoms. The highest BCUT2D eigenvalue weighted by atomic mass is 16.6. The molecule has 3 aromatic carbocycles. The van der Waals surface area contributed by atoms with Crippen LogP contribution in [-0.4, -0.2) is 24.8 Å². The number of anilines is 1. The number of hydrogen-bond acceptors (Lipinski definition) is 5. The summed E-state index contributed by atoms with van der Waals surface area (Å²) < 4.78 is 12.3. The zero-order chi connectivity index (χ0) is 21.8. The van der Waals surface area contributed by atoms with Gasteiger partial charge in [0.05, 0.1) is 23.5 Å². The minimum Gasteiger partial charge on any atom is -0.493 e. The van der Waals surface area contributed by atoms with Gasteiger partial charge in [-0.25, -0.2) is 0 Å². The molecule has 2 heterocycles. The van der Waals surface area contributed by atoms with Crippen LogP contribution in [0.15, 0.2) is 72.8 Å². The fourth-order valence-corrected chi connectivity index (χ4v) is 4.97. The molecule has 6 heteroatoms. The van der Waals surface area contributed by atoms with Crippen LogP contribution in [0.1, 0.15) is 23.6 Å². The van der Waals surface area contributed by atoms with Gasteiger partial charge >= 0.3 is 0 Å².